The number of esters is 2. The van der Waals surface area contributed by atoms with Crippen molar-refractivity contribution in [3.63, 3.8) is 0 Å². The van der Waals surface area contributed by atoms with Crippen molar-refractivity contribution in [1.29, 1.82) is 0 Å². The van der Waals surface area contributed by atoms with Gasteiger partial charge in [-0.1, -0.05) is 160 Å². The Morgan fingerprint density at radius 1 is 0.483 bits per heavy atom. The monoisotopic (exact) mass is 771 g/mol. The molecule has 0 aliphatic rings. The molecule has 0 spiro atoms. The third kappa shape index (κ3) is 9.00. The van der Waals surface area contributed by atoms with Crippen molar-refractivity contribution in [2.75, 3.05) is 0 Å². The molecular formula is C53H57NO4. The van der Waals surface area contributed by atoms with E-state index >= 15 is 0 Å². The van der Waals surface area contributed by atoms with Gasteiger partial charge in [0.05, 0.1) is 11.0 Å². The van der Waals surface area contributed by atoms with Crippen LogP contribution in [-0.4, -0.2) is 16.9 Å². The van der Waals surface area contributed by atoms with Crippen LogP contribution in [0.1, 0.15) is 127 Å². The fourth-order valence-electron chi connectivity index (χ4n) is 7.14. The zero-order valence-electron chi connectivity index (χ0n) is 36.0. The molecule has 298 valence electrons. The van der Waals surface area contributed by atoms with Crippen molar-refractivity contribution in [2.24, 2.45) is 0 Å². The summed E-state index contributed by atoms with van der Waals surface area (Å²) < 4.78 is 12.4. The van der Waals surface area contributed by atoms with E-state index in [0.29, 0.717) is 11.1 Å². The molecule has 0 saturated carbocycles. The van der Waals surface area contributed by atoms with Crippen LogP contribution in [0.4, 0.5) is 0 Å². The predicted octanol–water partition coefficient (Wildman–Crippen LogP) is 13.4. The highest BCUT2D eigenvalue weighted by atomic mass is 16.5. The second kappa shape index (κ2) is 15.9. The number of pyridine rings is 1. The number of hydrogen-bond acceptors (Lipinski definition) is 5. The quantitative estimate of drug-likeness (QED) is 0.0832. The maximum atomic E-state index is 13.2. The number of nitrogens with zero attached hydrogens (tertiary/aromatic N) is 1. The van der Waals surface area contributed by atoms with Gasteiger partial charge in [0.1, 0.15) is 0 Å². The molecule has 5 aromatic carbocycles. The standard InChI is InChI=1S/C53H57NO4/c1-32(2)49(55)57-47(35-16-24-40(25-17-35)52(8,9)10)37-20-28-44-42(30-37)46(34-14-22-39(23-15-34)51(5,6)7)43-31-38(21-29-45(43)54-44)48(58-50(56)33(3)4)36-18-26-41(27-19-36)53(11,12)13/h14-31,47-48H,1,3H2,2,4-13H3. The Labute approximate surface area is 344 Å². The number of fused-ring (bicyclic) bond motifs is 2. The molecule has 0 amide bonds. The van der Waals surface area contributed by atoms with Crippen LogP contribution < -0.4 is 0 Å². The molecule has 0 N–H and O–H groups in total. The van der Waals surface area contributed by atoms with Crippen molar-refractivity contribution in [3.8, 4) is 11.1 Å². The van der Waals surface area contributed by atoms with Gasteiger partial charge in [0.2, 0.25) is 0 Å². The summed E-state index contributed by atoms with van der Waals surface area (Å²) in [6.45, 7) is 30.8. The molecule has 1 heterocycles. The Kier molecular flexibility index (Phi) is 11.4. The van der Waals surface area contributed by atoms with Crippen LogP contribution in [0.3, 0.4) is 0 Å². The Morgan fingerprint density at radius 2 is 0.793 bits per heavy atom. The number of ether oxygens (including phenoxy) is 2. The Morgan fingerprint density at radius 3 is 1.10 bits per heavy atom. The lowest BCUT2D eigenvalue weighted by molar-refractivity contribution is -0.143. The van der Waals surface area contributed by atoms with Gasteiger partial charge in [0.15, 0.2) is 12.2 Å². The molecule has 0 aliphatic heterocycles. The minimum atomic E-state index is -0.692. The molecule has 58 heavy (non-hydrogen) atoms. The maximum Gasteiger partial charge on any atom is 0.334 e. The summed E-state index contributed by atoms with van der Waals surface area (Å²) in [6, 6.07) is 37.5. The average molecular weight is 772 g/mol. The number of rotatable bonds is 9. The van der Waals surface area contributed by atoms with Gasteiger partial charge in [-0.3, -0.25) is 0 Å². The van der Waals surface area contributed by atoms with E-state index in [9.17, 15) is 9.59 Å². The van der Waals surface area contributed by atoms with E-state index in [2.05, 4.69) is 136 Å². The van der Waals surface area contributed by atoms with Crippen molar-refractivity contribution in [3.05, 3.63) is 172 Å². The molecule has 2 unspecified atom stereocenters. The molecule has 0 bridgehead atoms. The van der Waals surface area contributed by atoms with Gasteiger partial charge >= 0.3 is 11.9 Å². The van der Waals surface area contributed by atoms with Crippen LogP contribution in [0, 0.1) is 0 Å². The normalized spacial score (nSPS) is 13.2. The van der Waals surface area contributed by atoms with E-state index in [-0.39, 0.29) is 16.2 Å². The molecule has 0 radical (unpaired) electrons. The Bertz CT molecular complexity index is 2370. The summed E-state index contributed by atoms with van der Waals surface area (Å²) in [5.74, 6) is -0.926. The Balaban J connectivity index is 1.61. The lowest BCUT2D eigenvalue weighted by Crippen LogP contribution is -2.15. The van der Waals surface area contributed by atoms with Crippen molar-refractivity contribution in [2.45, 2.75) is 105 Å². The first-order chi connectivity index (χ1) is 27.1. The summed E-state index contributed by atoms with van der Waals surface area (Å²) in [7, 11) is 0. The summed E-state index contributed by atoms with van der Waals surface area (Å²) in [5.41, 5.74) is 11.0. The first kappa shape index (κ1) is 41.8. The highest BCUT2D eigenvalue weighted by Crippen LogP contribution is 2.41. The van der Waals surface area contributed by atoms with E-state index in [4.69, 9.17) is 14.5 Å². The van der Waals surface area contributed by atoms with Gasteiger partial charge in [-0.2, -0.15) is 0 Å². The summed E-state index contributed by atoms with van der Waals surface area (Å²) >= 11 is 0. The average Bonchev–Trinajstić information content (AvgIpc) is 3.16. The lowest BCUT2D eigenvalue weighted by atomic mass is 9.85. The van der Waals surface area contributed by atoms with E-state index < -0.39 is 24.1 Å². The van der Waals surface area contributed by atoms with Crippen LogP contribution in [0.25, 0.3) is 32.9 Å². The number of aromatic nitrogens is 1. The van der Waals surface area contributed by atoms with Crippen molar-refractivity contribution < 1.29 is 19.1 Å². The number of benzene rings is 5. The summed E-state index contributed by atoms with van der Waals surface area (Å²) in [4.78, 5) is 31.6. The molecule has 0 fully saturated rings. The molecule has 1 aromatic heterocycles. The third-order valence-corrected chi connectivity index (χ3v) is 10.8. The first-order valence-corrected chi connectivity index (χ1v) is 20.0. The fourth-order valence-corrected chi connectivity index (χ4v) is 7.14. The number of carbonyl (C=O) groups is 2. The number of carbonyl (C=O) groups excluding carboxylic acids is 2. The third-order valence-electron chi connectivity index (χ3n) is 10.8. The SMILES string of the molecule is C=C(C)C(=O)OC(c1ccc(C(C)(C)C)cc1)c1ccc2nc3ccc(C(OC(=O)C(=C)C)c4ccc(C(C)(C)C)cc4)cc3c(-c3ccc(C(C)(C)C)cc3)c2c1. The highest BCUT2D eigenvalue weighted by Gasteiger charge is 2.26. The molecule has 6 rings (SSSR count). The van der Waals surface area contributed by atoms with E-state index in [0.717, 1.165) is 55.2 Å². The molecule has 5 nitrogen and oxygen atoms in total. The van der Waals surface area contributed by atoms with Gasteiger partial charge in [-0.05, 0) is 98.9 Å². The first-order valence-electron chi connectivity index (χ1n) is 20.0. The van der Waals surface area contributed by atoms with Crippen LogP contribution in [0.2, 0.25) is 0 Å². The zero-order chi connectivity index (χ0) is 42.3. The fraction of sp³-hybridized carbons (Fsp3) is 0.302. The van der Waals surface area contributed by atoms with E-state index in [1.54, 1.807) is 13.8 Å². The van der Waals surface area contributed by atoms with Crippen molar-refractivity contribution in [1.82, 2.24) is 4.98 Å². The van der Waals surface area contributed by atoms with Crippen LogP contribution in [-0.2, 0) is 35.3 Å². The Hall–Kier alpha value is -5.81. The summed E-state index contributed by atoms with van der Waals surface area (Å²) in [5, 5.41) is 1.80. The van der Waals surface area contributed by atoms with Crippen LogP contribution in [0.15, 0.2) is 133 Å². The topological polar surface area (TPSA) is 65.5 Å². The highest BCUT2D eigenvalue weighted by molar-refractivity contribution is 6.10. The molecular weight excluding hydrogens is 715 g/mol. The van der Waals surface area contributed by atoms with Gasteiger partial charge in [0.25, 0.3) is 0 Å². The van der Waals surface area contributed by atoms with Gasteiger partial charge in [-0.25, -0.2) is 14.6 Å². The van der Waals surface area contributed by atoms with Gasteiger partial charge in [0, 0.05) is 27.5 Å². The molecule has 2 atom stereocenters. The molecule has 0 aliphatic carbocycles. The van der Waals surface area contributed by atoms with E-state index in [1.807, 2.05) is 48.5 Å². The predicted molar refractivity (Wildman–Crippen MR) is 239 cm³/mol. The van der Waals surface area contributed by atoms with E-state index in [1.165, 1.54) is 16.7 Å². The second-order valence-corrected chi connectivity index (χ2v) is 18.7. The largest absolute Gasteiger partial charge is 0.449 e. The molecule has 6 aromatic rings. The summed E-state index contributed by atoms with van der Waals surface area (Å²) in [6.07, 6.45) is -1.38. The lowest BCUT2D eigenvalue weighted by Gasteiger charge is -2.24. The zero-order valence-corrected chi connectivity index (χ0v) is 36.0. The van der Waals surface area contributed by atoms with Crippen LogP contribution >= 0.6 is 0 Å². The van der Waals surface area contributed by atoms with Gasteiger partial charge < -0.3 is 9.47 Å². The molecule has 5 heteroatoms. The molecule has 0 saturated heterocycles. The van der Waals surface area contributed by atoms with Gasteiger partial charge in [-0.15, -0.1) is 0 Å². The minimum Gasteiger partial charge on any atom is -0.449 e. The van der Waals surface area contributed by atoms with Crippen molar-refractivity contribution >= 4 is 33.7 Å². The number of hydrogen-bond donors (Lipinski definition) is 0. The minimum absolute atomic E-state index is 0.0346. The maximum absolute atomic E-state index is 13.2. The van der Waals surface area contributed by atoms with Crippen LogP contribution in [0.5, 0.6) is 0 Å². The second-order valence-electron chi connectivity index (χ2n) is 18.7. The smallest absolute Gasteiger partial charge is 0.334 e.